The second-order valence-corrected chi connectivity index (χ2v) is 4.65. The first-order valence-corrected chi connectivity index (χ1v) is 6.54. The SMILES string of the molecule is O=c1[nH]nc(C(c2ccccc2)c2ccccc2)c(=O)[nH]1. The van der Waals surface area contributed by atoms with E-state index in [0.717, 1.165) is 11.1 Å². The van der Waals surface area contributed by atoms with Crippen LogP contribution in [0.5, 0.6) is 0 Å². The van der Waals surface area contributed by atoms with Crippen LogP contribution >= 0.6 is 0 Å². The predicted octanol–water partition coefficient (Wildman–Crippen LogP) is 1.64. The summed E-state index contributed by atoms with van der Waals surface area (Å²) in [6, 6.07) is 19.2. The standard InChI is InChI=1S/C16H13N3O2/c20-15-14(18-19-16(21)17-15)13(11-7-3-1-4-8-11)12-9-5-2-6-10-12/h1-10,13H,(H2,17,19,20,21). The van der Waals surface area contributed by atoms with E-state index in [0.29, 0.717) is 0 Å². The highest BCUT2D eigenvalue weighted by Gasteiger charge is 2.21. The van der Waals surface area contributed by atoms with Crippen LogP contribution in [0, 0.1) is 0 Å². The molecule has 1 heterocycles. The highest BCUT2D eigenvalue weighted by Crippen LogP contribution is 2.27. The van der Waals surface area contributed by atoms with Crippen LogP contribution in [0.15, 0.2) is 70.3 Å². The molecule has 0 aliphatic carbocycles. The second-order valence-electron chi connectivity index (χ2n) is 4.65. The van der Waals surface area contributed by atoms with Gasteiger partial charge in [-0.3, -0.25) is 9.78 Å². The lowest BCUT2D eigenvalue weighted by atomic mass is 9.89. The van der Waals surface area contributed by atoms with E-state index in [4.69, 9.17) is 0 Å². The lowest BCUT2D eigenvalue weighted by Crippen LogP contribution is -2.29. The lowest BCUT2D eigenvalue weighted by molar-refractivity contribution is 0.782. The average molecular weight is 279 g/mol. The van der Waals surface area contributed by atoms with Gasteiger partial charge in [0.1, 0.15) is 5.69 Å². The zero-order chi connectivity index (χ0) is 14.7. The van der Waals surface area contributed by atoms with E-state index in [1.165, 1.54) is 0 Å². The van der Waals surface area contributed by atoms with E-state index >= 15 is 0 Å². The van der Waals surface area contributed by atoms with Gasteiger partial charge >= 0.3 is 5.69 Å². The number of nitrogens with one attached hydrogen (secondary N) is 2. The number of nitrogens with zero attached hydrogens (tertiary/aromatic N) is 1. The van der Waals surface area contributed by atoms with Crippen molar-refractivity contribution in [1.29, 1.82) is 0 Å². The molecule has 0 unspecified atom stereocenters. The van der Waals surface area contributed by atoms with Gasteiger partial charge in [0.2, 0.25) is 0 Å². The summed E-state index contributed by atoms with van der Waals surface area (Å²) >= 11 is 0. The molecule has 0 spiro atoms. The molecule has 5 nitrogen and oxygen atoms in total. The van der Waals surface area contributed by atoms with Crippen LogP contribution in [-0.4, -0.2) is 15.2 Å². The maximum Gasteiger partial charge on any atom is 0.342 e. The maximum absolute atomic E-state index is 12.1. The third kappa shape index (κ3) is 2.67. The van der Waals surface area contributed by atoms with Gasteiger partial charge in [-0.05, 0) is 11.1 Å². The molecular formula is C16H13N3O2. The summed E-state index contributed by atoms with van der Waals surface area (Å²) in [5.74, 6) is -0.326. The maximum atomic E-state index is 12.1. The molecule has 0 atom stereocenters. The third-order valence-electron chi connectivity index (χ3n) is 3.28. The molecule has 21 heavy (non-hydrogen) atoms. The van der Waals surface area contributed by atoms with Crippen molar-refractivity contribution in [3.63, 3.8) is 0 Å². The van der Waals surface area contributed by atoms with Crippen molar-refractivity contribution < 1.29 is 0 Å². The fourth-order valence-corrected chi connectivity index (χ4v) is 2.35. The molecular weight excluding hydrogens is 266 g/mol. The number of hydrogen-bond donors (Lipinski definition) is 2. The lowest BCUT2D eigenvalue weighted by Gasteiger charge is -2.16. The van der Waals surface area contributed by atoms with E-state index in [1.54, 1.807) is 0 Å². The van der Waals surface area contributed by atoms with Gasteiger partial charge in [-0.2, -0.15) is 5.10 Å². The number of aromatic amines is 2. The Hall–Kier alpha value is -2.95. The highest BCUT2D eigenvalue weighted by molar-refractivity contribution is 5.39. The van der Waals surface area contributed by atoms with E-state index in [2.05, 4.69) is 15.2 Å². The quantitative estimate of drug-likeness (QED) is 0.765. The summed E-state index contributed by atoms with van der Waals surface area (Å²) in [7, 11) is 0. The minimum Gasteiger partial charge on any atom is -0.271 e. The number of rotatable bonds is 3. The first kappa shape index (κ1) is 13.1. The topological polar surface area (TPSA) is 78.6 Å². The summed E-state index contributed by atoms with van der Waals surface area (Å²) in [4.78, 5) is 25.5. The third-order valence-corrected chi connectivity index (χ3v) is 3.28. The fourth-order valence-electron chi connectivity index (χ4n) is 2.35. The molecule has 0 aliphatic heterocycles. The van der Waals surface area contributed by atoms with Gasteiger partial charge in [-0.25, -0.2) is 9.89 Å². The minimum atomic E-state index is -0.608. The summed E-state index contributed by atoms with van der Waals surface area (Å²) in [5, 5.41) is 6.25. The molecule has 2 aromatic carbocycles. The fraction of sp³-hybridized carbons (Fsp3) is 0.0625. The molecule has 0 aliphatic rings. The van der Waals surface area contributed by atoms with Crippen LogP contribution in [0.3, 0.4) is 0 Å². The Balaban J connectivity index is 2.22. The van der Waals surface area contributed by atoms with Gasteiger partial charge in [-0.1, -0.05) is 60.7 Å². The number of H-pyrrole nitrogens is 2. The largest absolute Gasteiger partial charge is 0.342 e. The monoisotopic (exact) mass is 279 g/mol. The average Bonchev–Trinajstić information content (AvgIpc) is 2.52. The molecule has 5 heteroatoms. The van der Waals surface area contributed by atoms with Crippen molar-refractivity contribution >= 4 is 0 Å². The van der Waals surface area contributed by atoms with E-state index in [1.807, 2.05) is 60.7 Å². The molecule has 0 saturated carbocycles. The smallest absolute Gasteiger partial charge is 0.271 e. The summed E-state index contributed by atoms with van der Waals surface area (Å²) in [5.41, 5.74) is 1.06. The van der Waals surface area contributed by atoms with Crippen LogP contribution in [0.1, 0.15) is 22.7 Å². The van der Waals surface area contributed by atoms with Gasteiger partial charge in [0.25, 0.3) is 5.56 Å². The van der Waals surface area contributed by atoms with Gasteiger partial charge in [-0.15, -0.1) is 0 Å². The Morgan fingerprint density at radius 2 is 1.33 bits per heavy atom. The second kappa shape index (κ2) is 5.58. The first-order valence-electron chi connectivity index (χ1n) is 6.54. The zero-order valence-corrected chi connectivity index (χ0v) is 11.1. The van der Waals surface area contributed by atoms with E-state index < -0.39 is 11.2 Å². The summed E-state index contributed by atoms with van der Waals surface area (Å²) in [6.45, 7) is 0. The van der Waals surface area contributed by atoms with Crippen molar-refractivity contribution in [3.05, 3.63) is 98.3 Å². The van der Waals surface area contributed by atoms with Crippen LogP contribution in [0.25, 0.3) is 0 Å². The molecule has 0 amide bonds. The van der Waals surface area contributed by atoms with Crippen LogP contribution in [0.4, 0.5) is 0 Å². The van der Waals surface area contributed by atoms with Gasteiger partial charge in [0.05, 0.1) is 5.92 Å². The van der Waals surface area contributed by atoms with Gasteiger partial charge < -0.3 is 0 Å². The number of hydrogen-bond acceptors (Lipinski definition) is 3. The molecule has 0 radical (unpaired) electrons. The summed E-state index contributed by atoms with van der Waals surface area (Å²) < 4.78 is 0. The minimum absolute atomic E-state index is 0.270. The molecule has 0 bridgehead atoms. The van der Waals surface area contributed by atoms with Crippen molar-refractivity contribution in [2.24, 2.45) is 0 Å². The van der Waals surface area contributed by atoms with Crippen LogP contribution < -0.4 is 11.2 Å². The van der Waals surface area contributed by atoms with Crippen molar-refractivity contribution in [2.75, 3.05) is 0 Å². The Morgan fingerprint density at radius 1 is 0.810 bits per heavy atom. The Bertz CT molecular complexity index is 799. The Labute approximate surface area is 120 Å². The summed E-state index contributed by atoms with van der Waals surface area (Å²) in [6.07, 6.45) is 0. The molecule has 0 fully saturated rings. The molecule has 3 rings (SSSR count). The van der Waals surface area contributed by atoms with Crippen LogP contribution in [-0.2, 0) is 0 Å². The highest BCUT2D eigenvalue weighted by atomic mass is 16.2. The molecule has 1 aromatic heterocycles. The van der Waals surface area contributed by atoms with Crippen molar-refractivity contribution in [1.82, 2.24) is 15.2 Å². The molecule has 0 saturated heterocycles. The molecule has 2 N–H and O–H groups in total. The molecule has 3 aromatic rings. The Kier molecular flexibility index (Phi) is 3.47. The van der Waals surface area contributed by atoms with Crippen LogP contribution in [0.2, 0.25) is 0 Å². The normalized spacial score (nSPS) is 10.7. The number of aromatic nitrogens is 3. The van der Waals surface area contributed by atoms with E-state index in [-0.39, 0.29) is 11.6 Å². The molecule has 104 valence electrons. The van der Waals surface area contributed by atoms with E-state index in [9.17, 15) is 9.59 Å². The van der Waals surface area contributed by atoms with Gasteiger partial charge in [0.15, 0.2) is 0 Å². The Morgan fingerprint density at radius 3 is 1.81 bits per heavy atom. The van der Waals surface area contributed by atoms with Crippen molar-refractivity contribution in [2.45, 2.75) is 5.92 Å². The number of benzene rings is 2. The van der Waals surface area contributed by atoms with Crippen molar-refractivity contribution in [3.8, 4) is 0 Å². The first-order chi connectivity index (χ1) is 10.3. The van der Waals surface area contributed by atoms with Gasteiger partial charge in [0, 0.05) is 0 Å². The zero-order valence-electron chi connectivity index (χ0n) is 11.1. The predicted molar refractivity (Wildman–Crippen MR) is 79.3 cm³/mol.